The van der Waals surface area contributed by atoms with Crippen LogP contribution >= 0.6 is 27.3 Å². The van der Waals surface area contributed by atoms with Crippen LogP contribution in [0.2, 0.25) is 0 Å². The van der Waals surface area contributed by atoms with E-state index in [1.165, 1.54) is 11.3 Å². The number of rotatable bonds is 5. The highest BCUT2D eigenvalue weighted by molar-refractivity contribution is 9.10. The van der Waals surface area contributed by atoms with Gasteiger partial charge in [0, 0.05) is 9.85 Å². The third kappa shape index (κ3) is 3.42. The summed E-state index contributed by atoms with van der Waals surface area (Å²) in [6, 6.07) is 5.74. The SMILES string of the molecule is COc1ccc(Br)cc1-c1nc(Cn2nc(C)c([N+](=O)[O-])c2C)cs1. The van der Waals surface area contributed by atoms with E-state index < -0.39 is 4.92 Å². The van der Waals surface area contributed by atoms with Gasteiger partial charge in [0.15, 0.2) is 0 Å². The van der Waals surface area contributed by atoms with Crippen molar-refractivity contribution in [3.63, 3.8) is 0 Å². The van der Waals surface area contributed by atoms with Crippen molar-refractivity contribution in [2.75, 3.05) is 7.11 Å². The lowest BCUT2D eigenvalue weighted by molar-refractivity contribution is -0.386. The van der Waals surface area contributed by atoms with Crippen LogP contribution in [0.25, 0.3) is 10.6 Å². The molecule has 9 heteroatoms. The number of methoxy groups -OCH3 is 1. The van der Waals surface area contributed by atoms with Crippen molar-refractivity contribution in [2.24, 2.45) is 0 Å². The van der Waals surface area contributed by atoms with Gasteiger partial charge in [-0.25, -0.2) is 4.98 Å². The molecule has 0 fully saturated rings. The number of halogens is 1. The second-order valence-corrected chi connectivity index (χ2v) is 7.20. The summed E-state index contributed by atoms with van der Waals surface area (Å²) in [6.07, 6.45) is 0. The van der Waals surface area contributed by atoms with Crippen molar-refractivity contribution in [3.8, 4) is 16.3 Å². The minimum absolute atomic E-state index is 0.0594. The van der Waals surface area contributed by atoms with E-state index in [9.17, 15) is 10.1 Å². The van der Waals surface area contributed by atoms with E-state index in [4.69, 9.17) is 4.74 Å². The number of ether oxygens (including phenoxy) is 1. The minimum Gasteiger partial charge on any atom is -0.496 e. The first kappa shape index (κ1) is 17.6. The van der Waals surface area contributed by atoms with Crippen LogP contribution in [0.4, 0.5) is 5.69 Å². The van der Waals surface area contributed by atoms with E-state index in [0.29, 0.717) is 17.9 Å². The maximum atomic E-state index is 11.1. The number of nitro groups is 1. The molecule has 25 heavy (non-hydrogen) atoms. The standard InChI is InChI=1S/C16H15BrN4O3S/c1-9-15(21(22)23)10(2)20(19-9)7-12-8-25-16(18-12)13-6-11(17)4-5-14(13)24-3/h4-6,8H,7H2,1-3H3. The highest BCUT2D eigenvalue weighted by atomic mass is 79.9. The van der Waals surface area contributed by atoms with Gasteiger partial charge < -0.3 is 4.74 Å². The molecule has 3 rings (SSSR count). The molecular weight excluding hydrogens is 408 g/mol. The molecule has 0 aliphatic rings. The van der Waals surface area contributed by atoms with E-state index in [1.54, 1.807) is 25.6 Å². The van der Waals surface area contributed by atoms with Crippen LogP contribution in [-0.2, 0) is 6.54 Å². The molecule has 1 aromatic carbocycles. The van der Waals surface area contributed by atoms with Crippen molar-refractivity contribution < 1.29 is 9.66 Å². The Morgan fingerprint density at radius 2 is 2.16 bits per heavy atom. The van der Waals surface area contributed by atoms with Gasteiger partial charge in [-0.2, -0.15) is 5.10 Å². The van der Waals surface area contributed by atoms with Crippen LogP contribution in [0.15, 0.2) is 28.1 Å². The molecule has 0 aliphatic carbocycles. The van der Waals surface area contributed by atoms with E-state index >= 15 is 0 Å². The van der Waals surface area contributed by atoms with Crippen LogP contribution in [0.3, 0.4) is 0 Å². The number of hydrogen-bond donors (Lipinski definition) is 0. The number of benzene rings is 1. The Kier molecular flexibility index (Phi) is 4.87. The fourth-order valence-corrected chi connectivity index (χ4v) is 3.80. The maximum Gasteiger partial charge on any atom is 0.312 e. The predicted octanol–water partition coefficient (Wildman–Crippen LogP) is 4.35. The molecule has 0 unspecified atom stereocenters. The number of hydrogen-bond acceptors (Lipinski definition) is 6. The summed E-state index contributed by atoms with van der Waals surface area (Å²) >= 11 is 4.96. The molecular formula is C16H15BrN4O3S. The largest absolute Gasteiger partial charge is 0.496 e. The molecule has 2 heterocycles. The lowest BCUT2D eigenvalue weighted by atomic mass is 10.2. The molecule has 0 atom stereocenters. The van der Waals surface area contributed by atoms with Crippen molar-refractivity contribution in [3.05, 3.63) is 55.2 Å². The zero-order chi connectivity index (χ0) is 18.1. The monoisotopic (exact) mass is 422 g/mol. The Morgan fingerprint density at radius 3 is 2.80 bits per heavy atom. The van der Waals surface area contributed by atoms with Gasteiger partial charge in [-0.05, 0) is 32.0 Å². The first-order valence-electron chi connectivity index (χ1n) is 7.37. The summed E-state index contributed by atoms with van der Waals surface area (Å²) < 4.78 is 7.95. The lowest BCUT2D eigenvalue weighted by Crippen LogP contribution is -2.04. The quantitative estimate of drug-likeness (QED) is 0.450. The summed E-state index contributed by atoms with van der Waals surface area (Å²) in [6.45, 7) is 3.72. The van der Waals surface area contributed by atoms with Crippen LogP contribution in [0.1, 0.15) is 17.1 Å². The molecule has 0 aliphatic heterocycles. The van der Waals surface area contributed by atoms with Gasteiger partial charge in [0.1, 0.15) is 22.1 Å². The Bertz CT molecular complexity index is 951. The molecule has 7 nitrogen and oxygen atoms in total. The van der Waals surface area contributed by atoms with Crippen molar-refractivity contribution >= 4 is 33.0 Å². The van der Waals surface area contributed by atoms with E-state index in [2.05, 4.69) is 26.0 Å². The summed E-state index contributed by atoms with van der Waals surface area (Å²) in [5, 5.41) is 18.1. The number of aromatic nitrogens is 3. The smallest absolute Gasteiger partial charge is 0.312 e. The van der Waals surface area contributed by atoms with Gasteiger partial charge in [-0.1, -0.05) is 15.9 Å². The van der Waals surface area contributed by atoms with E-state index in [1.807, 2.05) is 23.6 Å². The molecule has 2 aromatic heterocycles. The van der Waals surface area contributed by atoms with Crippen LogP contribution in [0.5, 0.6) is 5.75 Å². The maximum absolute atomic E-state index is 11.1. The summed E-state index contributed by atoms with van der Waals surface area (Å²) in [5.74, 6) is 0.742. The van der Waals surface area contributed by atoms with Gasteiger partial charge in [-0.15, -0.1) is 11.3 Å². The molecule has 0 bridgehead atoms. The number of aryl methyl sites for hydroxylation is 1. The second-order valence-electron chi connectivity index (χ2n) is 5.42. The van der Waals surface area contributed by atoms with Crippen LogP contribution in [-0.4, -0.2) is 26.8 Å². The average Bonchev–Trinajstić information content (AvgIpc) is 3.12. The van der Waals surface area contributed by atoms with Crippen LogP contribution in [0, 0.1) is 24.0 Å². The zero-order valence-electron chi connectivity index (χ0n) is 13.8. The third-order valence-corrected chi connectivity index (χ3v) is 5.20. The normalized spacial score (nSPS) is 10.9. The molecule has 0 amide bonds. The fraction of sp³-hybridized carbons (Fsp3) is 0.250. The number of thiazole rings is 1. The highest BCUT2D eigenvalue weighted by Gasteiger charge is 2.22. The molecule has 0 spiro atoms. The fourth-order valence-electron chi connectivity index (χ4n) is 2.61. The Labute approximate surface area is 156 Å². The molecule has 0 saturated carbocycles. The predicted molar refractivity (Wildman–Crippen MR) is 99.3 cm³/mol. The first-order valence-corrected chi connectivity index (χ1v) is 9.04. The van der Waals surface area contributed by atoms with Gasteiger partial charge >= 0.3 is 5.69 Å². The Balaban J connectivity index is 1.92. The van der Waals surface area contributed by atoms with Gasteiger partial charge in [0.2, 0.25) is 0 Å². The Hall–Kier alpha value is -2.26. The minimum atomic E-state index is -0.396. The van der Waals surface area contributed by atoms with Crippen molar-refractivity contribution in [1.82, 2.24) is 14.8 Å². The summed E-state index contributed by atoms with van der Waals surface area (Å²) in [5.41, 5.74) is 2.68. The summed E-state index contributed by atoms with van der Waals surface area (Å²) in [7, 11) is 1.62. The molecule has 0 radical (unpaired) electrons. The molecule has 3 aromatic rings. The zero-order valence-corrected chi connectivity index (χ0v) is 16.2. The lowest BCUT2D eigenvalue weighted by Gasteiger charge is -2.06. The van der Waals surface area contributed by atoms with Crippen molar-refractivity contribution in [2.45, 2.75) is 20.4 Å². The molecule has 0 N–H and O–H groups in total. The van der Waals surface area contributed by atoms with Crippen molar-refractivity contribution in [1.29, 1.82) is 0 Å². The molecule has 130 valence electrons. The van der Waals surface area contributed by atoms with Gasteiger partial charge in [0.25, 0.3) is 0 Å². The number of nitrogens with zero attached hydrogens (tertiary/aromatic N) is 4. The van der Waals surface area contributed by atoms with E-state index in [0.717, 1.165) is 26.5 Å². The van der Waals surface area contributed by atoms with Gasteiger partial charge in [-0.3, -0.25) is 14.8 Å². The molecule has 0 saturated heterocycles. The van der Waals surface area contributed by atoms with Gasteiger partial charge in [0.05, 0.1) is 29.8 Å². The van der Waals surface area contributed by atoms with E-state index in [-0.39, 0.29) is 5.69 Å². The Morgan fingerprint density at radius 1 is 1.40 bits per heavy atom. The summed E-state index contributed by atoms with van der Waals surface area (Å²) in [4.78, 5) is 15.4. The van der Waals surface area contributed by atoms with Crippen LogP contribution < -0.4 is 4.74 Å². The topological polar surface area (TPSA) is 83.1 Å². The third-order valence-electron chi connectivity index (χ3n) is 3.78. The average molecular weight is 423 g/mol. The highest BCUT2D eigenvalue weighted by Crippen LogP contribution is 2.34. The first-order chi connectivity index (χ1) is 11.9. The second kappa shape index (κ2) is 6.93.